The Bertz CT molecular complexity index is 141. The van der Waals surface area contributed by atoms with Gasteiger partial charge in [-0.15, -0.1) is 0 Å². The van der Waals surface area contributed by atoms with Crippen LogP contribution in [0.3, 0.4) is 0 Å². The van der Waals surface area contributed by atoms with Gasteiger partial charge in [0, 0.05) is 6.42 Å². The molecule has 0 bridgehead atoms. The first kappa shape index (κ1) is 9.52. The molecule has 0 heterocycles. The summed E-state index contributed by atoms with van der Waals surface area (Å²) in [6.07, 6.45) is 7.91. The van der Waals surface area contributed by atoms with Gasteiger partial charge in [0.15, 0.2) is 0 Å². The Morgan fingerprint density at radius 1 is 1.33 bits per heavy atom. The van der Waals surface area contributed by atoms with Crippen LogP contribution >= 0.6 is 0 Å². The zero-order valence-corrected chi connectivity index (χ0v) is 7.38. The molecule has 1 amide bonds. The molecule has 0 saturated heterocycles. The summed E-state index contributed by atoms with van der Waals surface area (Å²) in [6.45, 7) is 0. The number of rotatable bonds is 3. The van der Waals surface area contributed by atoms with Gasteiger partial charge in [0.1, 0.15) is 0 Å². The van der Waals surface area contributed by atoms with E-state index in [1.807, 2.05) is 0 Å². The minimum Gasteiger partial charge on any atom is -0.289 e. The molecule has 0 radical (unpaired) electrons. The molecule has 12 heavy (non-hydrogen) atoms. The van der Waals surface area contributed by atoms with Crippen LogP contribution in [0.15, 0.2) is 0 Å². The highest BCUT2D eigenvalue weighted by Gasteiger charge is 2.14. The van der Waals surface area contributed by atoms with Crippen molar-refractivity contribution in [3.8, 4) is 0 Å². The van der Waals surface area contributed by atoms with E-state index >= 15 is 0 Å². The first-order chi connectivity index (χ1) is 5.83. The standard InChI is InChI=1S/C9H17NO2/c11-9(10-12)7-6-8-4-2-1-3-5-8/h8,12H,1-7H2,(H,10,11). The Hall–Kier alpha value is -0.570. The fourth-order valence-corrected chi connectivity index (χ4v) is 1.87. The Kier molecular flexibility index (Phi) is 4.08. The predicted molar refractivity (Wildman–Crippen MR) is 45.7 cm³/mol. The second-order valence-corrected chi connectivity index (χ2v) is 3.58. The van der Waals surface area contributed by atoms with Crippen molar-refractivity contribution in [2.24, 2.45) is 5.92 Å². The maximum atomic E-state index is 10.7. The molecule has 1 aliphatic rings. The summed E-state index contributed by atoms with van der Waals surface area (Å²) in [4.78, 5) is 10.7. The molecule has 0 aromatic heterocycles. The molecule has 1 aliphatic carbocycles. The van der Waals surface area contributed by atoms with Crippen LogP contribution in [-0.4, -0.2) is 11.1 Å². The van der Waals surface area contributed by atoms with E-state index in [4.69, 9.17) is 5.21 Å². The molecule has 0 unspecified atom stereocenters. The highest BCUT2D eigenvalue weighted by molar-refractivity contribution is 5.74. The van der Waals surface area contributed by atoms with Crippen LogP contribution < -0.4 is 5.48 Å². The minimum atomic E-state index is -0.249. The van der Waals surface area contributed by atoms with Crippen molar-refractivity contribution in [2.45, 2.75) is 44.9 Å². The van der Waals surface area contributed by atoms with Crippen molar-refractivity contribution in [3.05, 3.63) is 0 Å². The van der Waals surface area contributed by atoms with Gasteiger partial charge in [0.2, 0.25) is 5.91 Å². The van der Waals surface area contributed by atoms with Crippen molar-refractivity contribution >= 4 is 5.91 Å². The second kappa shape index (κ2) is 5.14. The average Bonchev–Trinajstić information content (AvgIpc) is 2.16. The first-order valence-corrected chi connectivity index (χ1v) is 4.76. The number of hydroxylamine groups is 1. The molecule has 70 valence electrons. The van der Waals surface area contributed by atoms with E-state index in [1.165, 1.54) is 32.1 Å². The Labute approximate surface area is 73.1 Å². The lowest BCUT2D eigenvalue weighted by atomic mass is 9.86. The number of hydrogen-bond donors (Lipinski definition) is 2. The molecule has 1 saturated carbocycles. The Morgan fingerprint density at radius 2 is 2.00 bits per heavy atom. The smallest absolute Gasteiger partial charge is 0.243 e. The fraction of sp³-hybridized carbons (Fsp3) is 0.889. The van der Waals surface area contributed by atoms with Crippen LogP contribution in [0.25, 0.3) is 0 Å². The normalized spacial score (nSPS) is 19.1. The lowest BCUT2D eigenvalue weighted by molar-refractivity contribution is -0.129. The van der Waals surface area contributed by atoms with Gasteiger partial charge in [-0.1, -0.05) is 32.1 Å². The lowest BCUT2D eigenvalue weighted by Crippen LogP contribution is -2.19. The first-order valence-electron chi connectivity index (χ1n) is 4.76. The highest BCUT2D eigenvalue weighted by Crippen LogP contribution is 2.26. The summed E-state index contributed by atoms with van der Waals surface area (Å²) in [6, 6.07) is 0. The van der Waals surface area contributed by atoms with E-state index in [2.05, 4.69) is 0 Å². The Balaban J connectivity index is 2.09. The molecule has 0 spiro atoms. The maximum Gasteiger partial charge on any atom is 0.243 e. The van der Waals surface area contributed by atoms with Crippen LogP contribution in [0.2, 0.25) is 0 Å². The minimum absolute atomic E-state index is 0.249. The Morgan fingerprint density at radius 3 is 2.58 bits per heavy atom. The molecule has 0 aromatic carbocycles. The number of carbonyl (C=O) groups is 1. The number of hydrogen-bond acceptors (Lipinski definition) is 2. The highest BCUT2D eigenvalue weighted by atomic mass is 16.5. The van der Waals surface area contributed by atoms with Crippen LogP contribution in [0.5, 0.6) is 0 Å². The van der Waals surface area contributed by atoms with Crippen molar-refractivity contribution in [3.63, 3.8) is 0 Å². The predicted octanol–water partition coefficient (Wildman–Crippen LogP) is 1.85. The number of nitrogens with one attached hydrogen (secondary N) is 1. The summed E-state index contributed by atoms with van der Waals surface area (Å²) in [5.74, 6) is 0.469. The summed E-state index contributed by atoms with van der Waals surface area (Å²) >= 11 is 0. The molecule has 2 N–H and O–H groups in total. The van der Waals surface area contributed by atoms with Gasteiger partial charge in [-0.25, -0.2) is 5.48 Å². The third-order valence-corrected chi connectivity index (χ3v) is 2.63. The van der Waals surface area contributed by atoms with E-state index in [9.17, 15) is 4.79 Å². The van der Waals surface area contributed by atoms with E-state index in [-0.39, 0.29) is 5.91 Å². The van der Waals surface area contributed by atoms with Gasteiger partial charge in [0.05, 0.1) is 0 Å². The fourth-order valence-electron chi connectivity index (χ4n) is 1.87. The van der Waals surface area contributed by atoms with Crippen LogP contribution in [0.4, 0.5) is 0 Å². The molecular weight excluding hydrogens is 154 g/mol. The van der Waals surface area contributed by atoms with Gasteiger partial charge >= 0.3 is 0 Å². The molecular formula is C9H17NO2. The topological polar surface area (TPSA) is 49.3 Å². The van der Waals surface area contributed by atoms with Crippen molar-refractivity contribution < 1.29 is 10.0 Å². The van der Waals surface area contributed by atoms with Crippen LogP contribution in [-0.2, 0) is 4.79 Å². The van der Waals surface area contributed by atoms with Crippen molar-refractivity contribution in [1.29, 1.82) is 0 Å². The van der Waals surface area contributed by atoms with Gasteiger partial charge < -0.3 is 0 Å². The molecule has 3 nitrogen and oxygen atoms in total. The van der Waals surface area contributed by atoms with Gasteiger partial charge in [-0.3, -0.25) is 10.0 Å². The van der Waals surface area contributed by atoms with E-state index in [0.717, 1.165) is 12.3 Å². The molecule has 3 heteroatoms. The van der Waals surface area contributed by atoms with Crippen LogP contribution in [0.1, 0.15) is 44.9 Å². The zero-order chi connectivity index (χ0) is 8.81. The van der Waals surface area contributed by atoms with Crippen molar-refractivity contribution in [1.82, 2.24) is 5.48 Å². The summed E-state index contributed by atoms with van der Waals surface area (Å²) in [5, 5.41) is 8.26. The number of carbonyl (C=O) groups excluding carboxylic acids is 1. The zero-order valence-electron chi connectivity index (χ0n) is 7.38. The molecule has 0 atom stereocenters. The molecule has 1 fully saturated rings. The average molecular weight is 171 g/mol. The van der Waals surface area contributed by atoms with Gasteiger partial charge in [0.25, 0.3) is 0 Å². The van der Waals surface area contributed by atoms with E-state index in [1.54, 1.807) is 5.48 Å². The SMILES string of the molecule is O=C(CCC1CCCCC1)NO. The third-order valence-electron chi connectivity index (χ3n) is 2.63. The molecule has 0 aliphatic heterocycles. The van der Waals surface area contributed by atoms with E-state index < -0.39 is 0 Å². The third kappa shape index (κ3) is 3.22. The van der Waals surface area contributed by atoms with Crippen molar-refractivity contribution in [2.75, 3.05) is 0 Å². The molecule has 0 aromatic rings. The van der Waals surface area contributed by atoms with Crippen LogP contribution in [0, 0.1) is 5.92 Å². The monoisotopic (exact) mass is 171 g/mol. The molecule has 1 rings (SSSR count). The lowest BCUT2D eigenvalue weighted by Gasteiger charge is -2.20. The van der Waals surface area contributed by atoms with Gasteiger partial charge in [-0.05, 0) is 12.3 Å². The van der Waals surface area contributed by atoms with E-state index in [0.29, 0.717) is 6.42 Å². The number of amides is 1. The summed E-state index contributed by atoms with van der Waals surface area (Å²) in [7, 11) is 0. The maximum absolute atomic E-state index is 10.7. The van der Waals surface area contributed by atoms with Gasteiger partial charge in [-0.2, -0.15) is 0 Å². The second-order valence-electron chi connectivity index (χ2n) is 3.58. The summed E-state index contributed by atoms with van der Waals surface area (Å²) < 4.78 is 0. The largest absolute Gasteiger partial charge is 0.289 e. The quantitative estimate of drug-likeness (QED) is 0.503. The summed E-state index contributed by atoms with van der Waals surface area (Å²) in [5.41, 5.74) is 1.67.